The molecule has 2 rings (SSSR count). The lowest BCUT2D eigenvalue weighted by atomic mass is 10.0. The number of aromatic nitrogens is 3. The van der Waals surface area contributed by atoms with Crippen LogP contribution in [0, 0.1) is 0 Å². The van der Waals surface area contributed by atoms with E-state index in [1.165, 1.54) is 0 Å². The van der Waals surface area contributed by atoms with Gasteiger partial charge in [-0.05, 0) is 11.5 Å². The second-order valence-electron chi connectivity index (χ2n) is 3.70. The highest BCUT2D eigenvalue weighted by atomic mass is 16.5. The molecule has 2 aromatic rings. The first-order valence-corrected chi connectivity index (χ1v) is 4.87. The van der Waals surface area contributed by atoms with E-state index in [2.05, 4.69) is 29.0 Å². The van der Waals surface area contributed by atoms with Gasteiger partial charge < -0.3 is 4.74 Å². The van der Waals surface area contributed by atoms with E-state index in [9.17, 15) is 0 Å². The summed E-state index contributed by atoms with van der Waals surface area (Å²) in [4.78, 5) is 4.18. The molecule has 4 nitrogen and oxygen atoms in total. The van der Waals surface area contributed by atoms with Crippen molar-refractivity contribution < 1.29 is 4.74 Å². The van der Waals surface area contributed by atoms with Gasteiger partial charge in [0.05, 0.1) is 13.3 Å². The maximum absolute atomic E-state index is 5.04. The van der Waals surface area contributed by atoms with Crippen LogP contribution in [0.25, 0.3) is 10.9 Å². The van der Waals surface area contributed by atoms with Crippen molar-refractivity contribution >= 4 is 10.9 Å². The monoisotopic (exact) mass is 203 g/mol. The minimum absolute atomic E-state index is 0.415. The van der Waals surface area contributed by atoms with Crippen LogP contribution < -0.4 is 4.74 Å². The average Bonchev–Trinajstić information content (AvgIpc) is 2.27. The van der Waals surface area contributed by atoms with Crippen LogP contribution >= 0.6 is 0 Å². The molecule has 0 amide bonds. The van der Waals surface area contributed by atoms with Gasteiger partial charge in [-0.3, -0.25) is 0 Å². The Morgan fingerprint density at radius 1 is 1.27 bits per heavy atom. The van der Waals surface area contributed by atoms with Gasteiger partial charge >= 0.3 is 0 Å². The second-order valence-corrected chi connectivity index (χ2v) is 3.70. The molecule has 78 valence electrons. The first-order valence-electron chi connectivity index (χ1n) is 4.87. The normalized spacial score (nSPS) is 10.9. The molecule has 0 atom stereocenters. The molecular weight excluding hydrogens is 190 g/mol. The molecule has 0 aliphatic carbocycles. The Labute approximate surface area is 88.3 Å². The van der Waals surface area contributed by atoms with Gasteiger partial charge in [0.1, 0.15) is 5.52 Å². The summed E-state index contributed by atoms with van der Waals surface area (Å²) < 4.78 is 5.04. The fraction of sp³-hybridized carbons (Fsp3) is 0.364. The van der Waals surface area contributed by atoms with Crippen molar-refractivity contribution in [2.75, 3.05) is 7.11 Å². The molecule has 0 spiro atoms. The number of ether oxygens (including phenoxy) is 1. The van der Waals surface area contributed by atoms with E-state index in [4.69, 9.17) is 4.74 Å². The summed E-state index contributed by atoms with van der Waals surface area (Å²) in [6.45, 7) is 4.25. The lowest BCUT2D eigenvalue weighted by Crippen LogP contribution is -1.96. The topological polar surface area (TPSA) is 47.9 Å². The number of nitrogens with zero attached hydrogens (tertiary/aromatic N) is 3. The van der Waals surface area contributed by atoms with Gasteiger partial charge in [0, 0.05) is 17.6 Å². The third-order valence-corrected chi connectivity index (χ3v) is 2.36. The van der Waals surface area contributed by atoms with E-state index < -0.39 is 0 Å². The van der Waals surface area contributed by atoms with Gasteiger partial charge in [0.15, 0.2) is 0 Å². The Hall–Kier alpha value is -1.71. The van der Waals surface area contributed by atoms with Gasteiger partial charge in [-0.25, -0.2) is 4.98 Å². The molecule has 0 fully saturated rings. The van der Waals surface area contributed by atoms with Crippen molar-refractivity contribution in [3.63, 3.8) is 0 Å². The van der Waals surface area contributed by atoms with Crippen LogP contribution in [0.5, 0.6) is 5.88 Å². The lowest BCUT2D eigenvalue weighted by Gasteiger charge is -2.08. The van der Waals surface area contributed by atoms with Crippen molar-refractivity contribution in [3.8, 4) is 5.88 Å². The predicted molar refractivity (Wildman–Crippen MR) is 58.0 cm³/mol. The number of pyridine rings is 1. The van der Waals surface area contributed by atoms with Crippen LogP contribution in [0.2, 0.25) is 0 Å². The Kier molecular flexibility index (Phi) is 2.49. The minimum Gasteiger partial charge on any atom is -0.481 e. The van der Waals surface area contributed by atoms with Crippen LogP contribution in [0.3, 0.4) is 0 Å². The Morgan fingerprint density at radius 2 is 2.07 bits per heavy atom. The Bertz CT molecular complexity index is 482. The Morgan fingerprint density at radius 3 is 2.73 bits per heavy atom. The predicted octanol–water partition coefficient (Wildman–Crippen LogP) is 2.16. The van der Waals surface area contributed by atoms with Gasteiger partial charge in [0.25, 0.3) is 0 Å². The first-order chi connectivity index (χ1) is 7.22. The lowest BCUT2D eigenvalue weighted by molar-refractivity contribution is 0.398. The molecule has 0 unspecified atom stereocenters. The van der Waals surface area contributed by atoms with Crippen LogP contribution in [0.1, 0.15) is 25.3 Å². The summed E-state index contributed by atoms with van der Waals surface area (Å²) in [6, 6.07) is 1.80. The van der Waals surface area contributed by atoms with Crippen molar-refractivity contribution in [1.29, 1.82) is 0 Å². The smallest absolute Gasteiger partial charge is 0.215 e. The zero-order valence-electron chi connectivity index (χ0n) is 9.06. The molecule has 2 aromatic heterocycles. The summed E-state index contributed by atoms with van der Waals surface area (Å²) in [5, 5.41) is 9.08. The third kappa shape index (κ3) is 1.75. The largest absolute Gasteiger partial charge is 0.481 e. The zero-order chi connectivity index (χ0) is 10.8. The van der Waals surface area contributed by atoms with Gasteiger partial charge in [-0.15, -0.1) is 0 Å². The summed E-state index contributed by atoms with van der Waals surface area (Å²) in [5.74, 6) is 0.982. The number of fused-ring (bicyclic) bond motifs is 1. The van der Waals surface area contributed by atoms with E-state index >= 15 is 0 Å². The maximum atomic E-state index is 5.04. The summed E-state index contributed by atoms with van der Waals surface area (Å²) in [6.07, 6.45) is 3.58. The molecule has 0 saturated carbocycles. The average molecular weight is 203 g/mol. The summed E-state index contributed by atoms with van der Waals surface area (Å²) in [5.41, 5.74) is 1.99. The van der Waals surface area contributed by atoms with Crippen LogP contribution in [-0.4, -0.2) is 22.3 Å². The molecule has 0 bridgehead atoms. The van der Waals surface area contributed by atoms with Crippen molar-refractivity contribution in [2.24, 2.45) is 0 Å². The molecule has 0 N–H and O–H groups in total. The highest BCUT2D eigenvalue weighted by Crippen LogP contribution is 2.23. The van der Waals surface area contributed by atoms with Crippen molar-refractivity contribution in [2.45, 2.75) is 19.8 Å². The number of methoxy groups -OCH3 is 1. The standard InChI is InChI=1S/C11H13N3O/c1-7(2)8-6-13-14-10-4-11(15-3)12-5-9(8)10/h4-7H,1-3H3. The molecule has 0 radical (unpaired) electrons. The molecule has 0 saturated heterocycles. The van der Waals surface area contributed by atoms with Crippen LogP contribution in [0.4, 0.5) is 0 Å². The third-order valence-electron chi connectivity index (χ3n) is 2.36. The molecule has 4 heteroatoms. The van der Waals surface area contributed by atoms with E-state index in [1.807, 2.05) is 0 Å². The fourth-order valence-corrected chi connectivity index (χ4v) is 1.53. The van der Waals surface area contributed by atoms with E-state index in [1.54, 1.807) is 25.6 Å². The van der Waals surface area contributed by atoms with Gasteiger partial charge in [-0.1, -0.05) is 13.8 Å². The maximum Gasteiger partial charge on any atom is 0.215 e. The highest BCUT2D eigenvalue weighted by Gasteiger charge is 2.07. The SMILES string of the molecule is COc1cc2nncc(C(C)C)c2cn1. The molecule has 0 aliphatic heterocycles. The first kappa shape index (κ1) is 9.83. The van der Waals surface area contributed by atoms with Crippen LogP contribution in [0.15, 0.2) is 18.5 Å². The fourth-order valence-electron chi connectivity index (χ4n) is 1.53. The van der Waals surface area contributed by atoms with Gasteiger partial charge in [-0.2, -0.15) is 10.2 Å². The van der Waals surface area contributed by atoms with Crippen molar-refractivity contribution in [3.05, 3.63) is 24.0 Å². The quantitative estimate of drug-likeness (QED) is 0.750. The molecule has 2 heterocycles. The Balaban J connectivity index is 2.67. The van der Waals surface area contributed by atoms with E-state index in [0.717, 1.165) is 16.5 Å². The van der Waals surface area contributed by atoms with E-state index in [0.29, 0.717) is 11.8 Å². The number of rotatable bonds is 2. The van der Waals surface area contributed by atoms with E-state index in [-0.39, 0.29) is 0 Å². The molecule has 0 aliphatic rings. The number of hydrogen-bond donors (Lipinski definition) is 0. The highest BCUT2D eigenvalue weighted by molar-refractivity contribution is 5.81. The second kappa shape index (κ2) is 3.81. The summed E-state index contributed by atoms with van der Waals surface area (Å²) in [7, 11) is 1.59. The van der Waals surface area contributed by atoms with Crippen LogP contribution in [-0.2, 0) is 0 Å². The molecular formula is C11H13N3O. The molecule has 15 heavy (non-hydrogen) atoms. The number of hydrogen-bond acceptors (Lipinski definition) is 4. The molecule has 0 aromatic carbocycles. The summed E-state index contributed by atoms with van der Waals surface area (Å²) >= 11 is 0. The zero-order valence-corrected chi connectivity index (χ0v) is 9.06. The minimum atomic E-state index is 0.415. The van der Waals surface area contributed by atoms with Crippen molar-refractivity contribution in [1.82, 2.24) is 15.2 Å². The van der Waals surface area contributed by atoms with Gasteiger partial charge in [0.2, 0.25) is 5.88 Å².